The van der Waals surface area contributed by atoms with Gasteiger partial charge >= 0.3 is 0 Å². The number of allylic oxidation sites excluding steroid dienone is 1. The van der Waals surface area contributed by atoms with Crippen molar-refractivity contribution in [2.24, 2.45) is 0 Å². The first kappa shape index (κ1) is 7.37. The van der Waals surface area contributed by atoms with E-state index in [1.165, 1.54) is 6.07 Å². The van der Waals surface area contributed by atoms with Crippen LogP contribution in [-0.2, 0) is 0 Å². The van der Waals surface area contributed by atoms with E-state index < -0.39 is 10.6 Å². The van der Waals surface area contributed by atoms with Crippen LogP contribution >= 0.6 is 0 Å². The molecule has 0 aliphatic heterocycles. The van der Waals surface area contributed by atoms with Gasteiger partial charge in [-0.3, -0.25) is 10.1 Å². The van der Waals surface area contributed by atoms with Gasteiger partial charge in [0, 0.05) is 0 Å². The Morgan fingerprint density at radius 3 is 2.22 bits per heavy atom. The molecule has 0 bridgehead atoms. The van der Waals surface area contributed by atoms with E-state index in [2.05, 4.69) is 13.2 Å². The average Bonchev–Trinajstić information content (AvgIpc) is 1.84. The smallest absolute Gasteiger partial charge is 0.258 e. The molecule has 0 saturated carbocycles. The summed E-state index contributed by atoms with van der Waals surface area (Å²) >= 11 is 0. The van der Waals surface area contributed by atoms with Gasteiger partial charge in [0.25, 0.3) is 5.70 Å². The highest BCUT2D eigenvalue weighted by Gasteiger charge is 2.09. The lowest BCUT2D eigenvalue weighted by Crippen LogP contribution is -1.97. The van der Waals surface area contributed by atoms with Crippen molar-refractivity contribution < 1.29 is 4.92 Å². The molecule has 0 amide bonds. The zero-order valence-corrected chi connectivity index (χ0v) is 4.63. The molecular formula is C5H4N2O2. The first-order valence-corrected chi connectivity index (χ1v) is 2.02. The Kier molecular flexibility index (Phi) is 2.15. The minimum atomic E-state index is -0.744. The number of nitriles is 1. The zero-order valence-electron chi connectivity index (χ0n) is 4.63. The summed E-state index contributed by atoms with van der Waals surface area (Å²) < 4.78 is 0. The van der Waals surface area contributed by atoms with Gasteiger partial charge in [-0.15, -0.1) is 0 Å². The first-order valence-electron chi connectivity index (χ1n) is 2.02. The Labute approximate surface area is 51.9 Å². The molecule has 0 aromatic rings. The third-order valence-corrected chi connectivity index (χ3v) is 0.704. The van der Waals surface area contributed by atoms with Crippen molar-refractivity contribution in [2.45, 2.75) is 0 Å². The minimum Gasteiger partial charge on any atom is -0.258 e. The molecule has 4 heteroatoms. The molecule has 0 radical (unpaired) electrons. The third kappa shape index (κ3) is 1.74. The van der Waals surface area contributed by atoms with Crippen LogP contribution in [0.3, 0.4) is 0 Å². The van der Waals surface area contributed by atoms with E-state index in [-0.39, 0.29) is 5.57 Å². The largest absolute Gasteiger partial charge is 0.279 e. The van der Waals surface area contributed by atoms with E-state index in [0.29, 0.717) is 0 Å². The van der Waals surface area contributed by atoms with Gasteiger partial charge in [-0.25, -0.2) is 0 Å². The summed E-state index contributed by atoms with van der Waals surface area (Å²) in [4.78, 5) is 9.05. The summed E-state index contributed by atoms with van der Waals surface area (Å²) in [6, 6.07) is 1.51. The lowest BCUT2D eigenvalue weighted by Gasteiger charge is -1.87. The predicted octanol–water partition coefficient (Wildman–Crippen LogP) is 0.857. The molecule has 0 aromatic heterocycles. The third-order valence-electron chi connectivity index (χ3n) is 0.704. The van der Waals surface area contributed by atoms with Crippen molar-refractivity contribution in [3.63, 3.8) is 0 Å². The van der Waals surface area contributed by atoms with Crippen molar-refractivity contribution in [2.75, 3.05) is 0 Å². The molecule has 0 fully saturated rings. The highest BCUT2D eigenvalue weighted by Crippen LogP contribution is 2.01. The van der Waals surface area contributed by atoms with Crippen LogP contribution in [-0.4, -0.2) is 4.92 Å². The number of nitro groups is 1. The predicted molar refractivity (Wildman–Crippen MR) is 30.9 cm³/mol. The Balaban J connectivity index is 4.28. The van der Waals surface area contributed by atoms with Crippen LogP contribution in [0.25, 0.3) is 0 Å². The summed E-state index contributed by atoms with van der Waals surface area (Å²) in [5.74, 6) is 0. The summed E-state index contributed by atoms with van der Waals surface area (Å²) in [5.41, 5.74) is -0.655. The molecule has 46 valence electrons. The minimum absolute atomic E-state index is 0.208. The van der Waals surface area contributed by atoms with Crippen molar-refractivity contribution in [3.8, 4) is 6.07 Å². The van der Waals surface area contributed by atoms with Gasteiger partial charge < -0.3 is 0 Å². The Bertz CT molecular complexity index is 211. The van der Waals surface area contributed by atoms with Gasteiger partial charge in [0.15, 0.2) is 0 Å². The lowest BCUT2D eigenvalue weighted by molar-refractivity contribution is -0.419. The molecular weight excluding hydrogens is 120 g/mol. The molecule has 0 heterocycles. The first-order chi connectivity index (χ1) is 4.09. The van der Waals surface area contributed by atoms with Crippen molar-refractivity contribution in [1.29, 1.82) is 5.26 Å². The molecule has 0 rings (SSSR count). The summed E-state index contributed by atoms with van der Waals surface area (Å²) in [5, 5.41) is 17.8. The van der Waals surface area contributed by atoms with E-state index in [4.69, 9.17) is 5.26 Å². The summed E-state index contributed by atoms with van der Waals surface area (Å²) in [6.07, 6.45) is 0. The normalized spacial score (nSPS) is 7.44. The number of hydrogen-bond donors (Lipinski definition) is 0. The summed E-state index contributed by atoms with van der Waals surface area (Å²) in [6.45, 7) is 6.10. The number of hydrogen-bond acceptors (Lipinski definition) is 3. The highest BCUT2D eigenvalue weighted by atomic mass is 16.6. The SMILES string of the molecule is C=C(C#N)C(=C)[N+](=O)[O-]. The van der Waals surface area contributed by atoms with Crippen molar-refractivity contribution in [3.05, 3.63) is 34.5 Å². The quantitative estimate of drug-likeness (QED) is 0.237. The van der Waals surface area contributed by atoms with Crippen LogP contribution in [0.2, 0.25) is 0 Å². The summed E-state index contributed by atoms with van der Waals surface area (Å²) in [7, 11) is 0. The van der Waals surface area contributed by atoms with Gasteiger partial charge in [-0.2, -0.15) is 5.26 Å². The standard InChI is InChI=1S/C5H4N2O2/c1-4(3-6)5(2)7(8)9/h1-2H2. The molecule has 0 atom stereocenters. The number of rotatable bonds is 2. The topological polar surface area (TPSA) is 66.9 Å². The van der Waals surface area contributed by atoms with Crippen molar-refractivity contribution >= 4 is 0 Å². The molecule has 0 spiro atoms. The fourth-order valence-electron chi connectivity index (χ4n) is 0.175. The Morgan fingerprint density at radius 2 is 2.11 bits per heavy atom. The van der Waals surface area contributed by atoms with E-state index >= 15 is 0 Å². The second-order valence-electron chi connectivity index (χ2n) is 1.29. The van der Waals surface area contributed by atoms with Gasteiger partial charge in [-0.1, -0.05) is 6.58 Å². The van der Waals surface area contributed by atoms with Crippen LogP contribution in [0, 0.1) is 21.4 Å². The maximum atomic E-state index is 9.79. The second kappa shape index (κ2) is 2.62. The average molecular weight is 124 g/mol. The molecule has 0 aliphatic rings. The lowest BCUT2D eigenvalue weighted by atomic mass is 10.3. The van der Waals surface area contributed by atoms with Crippen LogP contribution < -0.4 is 0 Å². The Hall–Kier alpha value is -1.63. The highest BCUT2D eigenvalue weighted by molar-refractivity contribution is 5.32. The van der Waals surface area contributed by atoms with E-state index in [1.807, 2.05) is 0 Å². The molecule has 0 saturated heterocycles. The molecule has 0 N–H and O–H groups in total. The molecule has 4 nitrogen and oxygen atoms in total. The van der Waals surface area contributed by atoms with Gasteiger partial charge in [-0.05, 0) is 6.58 Å². The molecule has 0 unspecified atom stereocenters. The van der Waals surface area contributed by atoms with E-state index in [0.717, 1.165) is 0 Å². The molecule has 0 aromatic carbocycles. The fraction of sp³-hybridized carbons (Fsp3) is 0. The van der Waals surface area contributed by atoms with Crippen LogP contribution in [0.1, 0.15) is 0 Å². The van der Waals surface area contributed by atoms with Gasteiger partial charge in [0.2, 0.25) is 0 Å². The second-order valence-corrected chi connectivity index (χ2v) is 1.29. The van der Waals surface area contributed by atoms with Gasteiger partial charge in [0.05, 0.1) is 4.92 Å². The Morgan fingerprint density at radius 1 is 1.67 bits per heavy atom. The van der Waals surface area contributed by atoms with Crippen LogP contribution in [0.15, 0.2) is 24.4 Å². The number of nitrogens with zero attached hydrogens (tertiary/aromatic N) is 2. The maximum Gasteiger partial charge on any atom is 0.279 e. The zero-order chi connectivity index (χ0) is 7.44. The van der Waals surface area contributed by atoms with Crippen LogP contribution in [0.4, 0.5) is 0 Å². The van der Waals surface area contributed by atoms with Gasteiger partial charge in [0.1, 0.15) is 11.6 Å². The fourth-order valence-corrected chi connectivity index (χ4v) is 0.175. The molecule has 9 heavy (non-hydrogen) atoms. The van der Waals surface area contributed by atoms with Crippen molar-refractivity contribution in [1.82, 2.24) is 0 Å². The molecule has 0 aliphatic carbocycles. The maximum absolute atomic E-state index is 9.79. The monoisotopic (exact) mass is 124 g/mol. The van der Waals surface area contributed by atoms with Crippen LogP contribution in [0.5, 0.6) is 0 Å². The van der Waals surface area contributed by atoms with E-state index in [9.17, 15) is 10.1 Å². The van der Waals surface area contributed by atoms with E-state index in [1.54, 1.807) is 0 Å².